The Hall–Kier alpha value is -3.55. The van der Waals surface area contributed by atoms with Crippen molar-refractivity contribution in [3.63, 3.8) is 0 Å². The van der Waals surface area contributed by atoms with Crippen LogP contribution in [0.5, 0.6) is 0 Å². The van der Waals surface area contributed by atoms with E-state index in [1.54, 1.807) is 12.1 Å². The SMILES string of the molecule is O=C(Cn1nc(C(=O)O)c2ccccc2c1=O)NCc1ccc(F)cc1. The molecule has 8 heteroatoms. The summed E-state index contributed by atoms with van der Waals surface area (Å²) < 4.78 is 13.7. The van der Waals surface area contributed by atoms with Gasteiger partial charge in [0, 0.05) is 11.9 Å². The fraction of sp³-hybridized carbons (Fsp3) is 0.111. The summed E-state index contributed by atoms with van der Waals surface area (Å²) in [6.07, 6.45) is 0. The minimum atomic E-state index is -1.29. The maximum Gasteiger partial charge on any atom is 0.357 e. The topological polar surface area (TPSA) is 101 Å². The molecule has 0 atom stereocenters. The maximum atomic E-state index is 12.9. The van der Waals surface area contributed by atoms with Gasteiger partial charge in [0.15, 0.2) is 5.69 Å². The highest BCUT2D eigenvalue weighted by atomic mass is 19.1. The molecule has 0 bridgehead atoms. The summed E-state index contributed by atoms with van der Waals surface area (Å²) in [7, 11) is 0. The van der Waals surface area contributed by atoms with Crippen LogP contribution in [-0.4, -0.2) is 26.8 Å². The van der Waals surface area contributed by atoms with Crippen molar-refractivity contribution >= 4 is 22.6 Å². The molecule has 0 spiro atoms. The number of amides is 1. The first kappa shape index (κ1) is 17.3. The van der Waals surface area contributed by atoms with Crippen molar-refractivity contribution in [2.45, 2.75) is 13.1 Å². The Kier molecular flexibility index (Phi) is 4.74. The molecule has 3 aromatic rings. The highest BCUT2D eigenvalue weighted by Gasteiger charge is 2.16. The molecular formula is C18H14FN3O4. The van der Waals surface area contributed by atoms with Crippen molar-refractivity contribution < 1.29 is 19.1 Å². The lowest BCUT2D eigenvalue weighted by Crippen LogP contribution is -2.34. The Morgan fingerprint density at radius 2 is 1.73 bits per heavy atom. The predicted molar refractivity (Wildman–Crippen MR) is 91.2 cm³/mol. The van der Waals surface area contributed by atoms with Gasteiger partial charge in [0.2, 0.25) is 5.91 Å². The van der Waals surface area contributed by atoms with Crippen LogP contribution in [0.3, 0.4) is 0 Å². The van der Waals surface area contributed by atoms with E-state index in [0.717, 1.165) is 4.68 Å². The minimum absolute atomic E-state index is 0.146. The molecule has 1 heterocycles. The first-order valence-corrected chi connectivity index (χ1v) is 7.70. The van der Waals surface area contributed by atoms with Gasteiger partial charge in [0.05, 0.1) is 5.39 Å². The number of nitrogens with zero attached hydrogens (tertiary/aromatic N) is 2. The van der Waals surface area contributed by atoms with Crippen LogP contribution in [0.1, 0.15) is 16.1 Å². The molecule has 132 valence electrons. The fourth-order valence-corrected chi connectivity index (χ4v) is 2.50. The lowest BCUT2D eigenvalue weighted by atomic mass is 10.1. The van der Waals surface area contributed by atoms with Crippen LogP contribution >= 0.6 is 0 Å². The van der Waals surface area contributed by atoms with Gasteiger partial charge in [-0.05, 0) is 23.8 Å². The van der Waals surface area contributed by atoms with Gasteiger partial charge in [-0.3, -0.25) is 9.59 Å². The first-order valence-electron chi connectivity index (χ1n) is 7.70. The molecule has 0 fully saturated rings. The number of rotatable bonds is 5. The van der Waals surface area contributed by atoms with Crippen molar-refractivity contribution in [1.82, 2.24) is 15.1 Å². The number of benzene rings is 2. The second-order valence-corrected chi connectivity index (χ2v) is 5.57. The number of fused-ring (bicyclic) bond motifs is 1. The Balaban J connectivity index is 1.82. The van der Waals surface area contributed by atoms with Gasteiger partial charge in [-0.15, -0.1) is 0 Å². The molecular weight excluding hydrogens is 341 g/mol. The predicted octanol–water partition coefficient (Wildman–Crippen LogP) is 1.55. The van der Waals surface area contributed by atoms with E-state index in [0.29, 0.717) is 5.56 Å². The highest BCUT2D eigenvalue weighted by molar-refractivity contribution is 6.01. The summed E-state index contributed by atoms with van der Waals surface area (Å²) in [5.74, 6) is -2.19. The zero-order chi connectivity index (χ0) is 18.7. The number of carboxylic acid groups (broad SMARTS) is 1. The average molecular weight is 355 g/mol. The van der Waals surface area contributed by atoms with Crippen LogP contribution in [0.15, 0.2) is 53.3 Å². The van der Waals surface area contributed by atoms with Crippen molar-refractivity contribution in [1.29, 1.82) is 0 Å². The van der Waals surface area contributed by atoms with E-state index in [2.05, 4.69) is 10.4 Å². The van der Waals surface area contributed by atoms with Crippen LogP contribution in [0.2, 0.25) is 0 Å². The van der Waals surface area contributed by atoms with Crippen LogP contribution in [-0.2, 0) is 17.9 Å². The molecule has 1 aromatic heterocycles. The third kappa shape index (κ3) is 3.59. The van der Waals surface area contributed by atoms with E-state index in [1.807, 2.05) is 0 Å². The number of carbonyl (C=O) groups excluding carboxylic acids is 1. The lowest BCUT2D eigenvalue weighted by Gasteiger charge is -2.09. The van der Waals surface area contributed by atoms with Crippen LogP contribution in [0.4, 0.5) is 4.39 Å². The van der Waals surface area contributed by atoms with Crippen molar-refractivity contribution in [3.8, 4) is 0 Å². The molecule has 3 rings (SSSR count). The number of carboxylic acids is 1. The summed E-state index contributed by atoms with van der Waals surface area (Å²) in [6.45, 7) is -0.279. The number of halogens is 1. The lowest BCUT2D eigenvalue weighted by molar-refractivity contribution is -0.122. The number of aromatic carboxylic acids is 1. The monoisotopic (exact) mass is 355 g/mol. The van der Waals surface area contributed by atoms with Crippen molar-refractivity contribution in [2.24, 2.45) is 0 Å². The Morgan fingerprint density at radius 1 is 1.08 bits per heavy atom. The van der Waals surface area contributed by atoms with Gasteiger partial charge in [0.1, 0.15) is 12.4 Å². The average Bonchev–Trinajstić information content (AvgIpc) is 2.63. The van der Waals surface area contributed by atoms with Crippen LogP contribution in [0, 0.1) is 5.82 Å². The second-order valence-electron chi connectivity index (χ2n) is 5.57. The summed E-state index contributed by atoms with van der Waals surface area (Å²) in [5, 5.41) is 16.1. The molecule has 1 amide bonds. The molecule has 0 aliphatic rings. The fourth-order valence-electron chi connectivity index (χ4n) is 2.50. The Morgan fingerprint density at radius 3 is 2.38 bits per heavy atom. The Bertz CT molecular complexity index is 1040. The smallest absolute Gasteiger partial charge is 0.357 e. The molecule has 0 saturated heterocycles. The molecule has 26 heavy (non-hydrogen) atoms. The van der Waals surface area contributed by atoms with E-state index < -0.39 is 24.0 Å². The third-order valence-corrected chi connectivity index (χ3v) is 3.77. The van der Waals surface area contributed by atoms with Gasteiger partial charge in [-0.1, -0.05) is 30.3 Å². The standard InChI is InChI=1S/C18H14FN3O4/c19-12-7-5-11(6-8-12)9-20-15(23)10-22-17(24)14-4-2-1-3-13(14)16(21-22)18(25)26/h1-8H,9-10H2,(H,20,23)(H,25,26). The second kappa shape index (κ2) is 7.14. The molecule has 2 N–H and O–H groups in total. The maximum absolute atomic E-state index is 12.9. The van der Waals surface area contributed by atoms with Gasteiger partial charge >= 0.3 is 5.97 Å². The van der Waals surface area contributed by atoms with Gasteiger partial charge in [0.25, 0.3) is 5.56 Å². The molecule has 0 unspecified atom stereocenters. The molecule has 0 aliphatic heterocycles. The molecule has 0 radical (unpaired) electrons. The highest BCUT2D eigenvalue weighted by Crippen LogP contribution is 2.13. The largest absolute Gasteiger partial charge is 0.476 e. The molecule has 0 aliphatic carbocycles. The summed E-state index contributed by atoms with van der Waals surface area (Å²) >= 11 is 0. The molecule has 0 saturated carbocycles. The summed E-state index contributed by atoms with van der Waals surface area (Å²) in [5.41, 5.74) is -0.168. The zero-order valence-corrected chi connectivity index (χ0v) is 13.5. The van der Waals surface area contributed by atoms with E-state index >= 15 is 0 Å². The van der Waals surface area contributed by atoms with Crippen LogP contribution < -0.4 is 10.9 Å². The first-order chi connectivity index (χ1) is 12.5. The number of aromatic nitrogens is 2. The summed E-state index contributed by atoms with van der Waals surface area (Å²) in [4.78, 5) is 35.9. The van der Waals surface area contributed by atoms with Gasteiger partial charge in [-0.2, -0.15) is 5.10 Å². The van der Waals surface area contributed by atoms with E-state index in [4.69, 9.17) is 0 Å². The van der Waals surface area contributed by atoms with Gasteiger partial charge < -0.3 is 10.4 Å². The number of hydrogen-bond acceptors (Lipinski definition) is 4. The van der Waals surface area contributed by atoms with E-state index in [-0.39, 0.29) is 28.8 Å². The number of carbonyl (C=O) groups is 2. The molecule has 7 nitrogen and oxygen atoms in total. The normalized spacial score (nSPS) is 10.7. The van der Waals surface area contributed by atoms with E-state index in [9.17, 15) is 23.9 Å². The number of nitrogens with one attached hydrogen (secondary N) is 1. The Labute approximate surface area is 146 Å². The van der Waals surface area contributed by atoms with Crippen LogP contribution in [0.25, 0.3) is 10.8 Å². The van der Waals surface area contributed by atoms with Gasteiger partial charge in [-0.25, -0.2) is 13.9 Å². The third-order valence-electron chi connectivity index (χ3n) is 3.77. The molecule has 2 aromatic carbocycles. The minimum Gasteiger partial charge on any atom is -0.476 e. The quantitative estimate of drug-likeness (QED) is 0.723. The van der Waals surface area contributed by atoms with Crippen molar-refractivity contribution in [3.05, 3.63) is 76.0 Å². The number of hydrogen-bond donors (Lipinski definition) is 2. The zero-order valence-electron chi connectivity index (χ0n) is 13.5. The van der Waals surface area contributed by atoms with E-state index in [1.165, 1.54) is 36.4 Å². The summed E-state index contributed by atoms with van der Waals surface area (Å²) in [6, 6.07) is 11.8. The van der Waals surface area contributed by atoms with Crippen molar-refractivity contribution in [2.75, 3.05) is 0 Å².